The van der Waals surface area contributed by atoms with Crippen molar-refractivity contribution in [3.05, 3.63) is 41.9 Å². The first-order chi connectivity index (χ1) is 9.49. The summed E-state index contributed by atoms with van der Waals surface area (Å²) in [5, 5.41) is 0. The number of allylic oxidation sites excluding steroid dienone is 2. The Hall–Kier alpha value is 0.293. The summed E-state index contributed by atoms with van der Waals surface area (Å²) < 4.78 is 0. The molecule has 25 heavy (non-hydrogen) atoms. The van der Waals surface area contributed by atoms with Crippen LogP contribution in [0.4, 0.5) is 0 Å². The average Bonchev–Trinajstić information content (AvgIpc) is 3.02. The Balaban J connectivity index is -0.0000000889. The summed E-state index contributed by atoms with van der Waals surface area (Å²) in [5.41, 5.74) is 0. The quantitative estimate of drug-likeness (QED) is 0.320. The minimum Gasteiger partial charge on any atom is -0.358 e. The minimum absolute atomic E-state index is 0. The van der Waals surface area contributed by atoms with Gasteiger partial charge >= 0.3 is 26.2 Å². The van der Waals surface area contributed by atoms with Crippen LogP contribution in [0.25, 0.3) is 0 Å². The summed E-state index contributed by atoms with van der Waals surface area (Å²) in [7, 11) is 1.80. The molecule has 0 heterocycles. The SMILES string of the molecule is CC1C(C)C(C)C(C)C1C.CN=C/C=C\C1CCCC1.[CH3-].[CH3-].[CH3-].[CH3-].[Zr+4]. The molecule has 0 radical (unpaired) electrons. The van der Waals surface area contributed by atoms with E-state index in [4.69, 9.17) is 0 Å². The van der Waals surface area contributed by atoms with E-state index in [-0.39, 0.29) is 55.9 Å². The van der Waals surface area contributed by atoms with Crippen LogP contribution in [-0.4, -0.2) is 13.3 Å². The molecule has 0 aromatic rings. The zero-order chi connectivity index (χ0) is 15.1. The first kappa shape index (κ1) is 36.2. The van der Waals surface area contributed by atoms with Crippen molar-refractivity contribution in [2.45, 2.75) is 60.3 Å². The van der Waals surface area contributed by atoms with Crippen LogP contribution >= 0.6 is 0 Å². The van der Waals surface area contributed by atoms with Gasteiger partial charge in [-0.3, -0.25) is 4.99 Å². The van der Waals surface area contributed by atoms with Gasteiger partial charge in [0, 0.05) is 13.3 Å². The van der Waals surface area contributed by atoms with Crippen molar-refractivity contribution >= 4 is 6.21 Å². The minimum atomic E-state index is 0. The van der Waals surface area contributed by atoms with E-state index in [1.165, 1.54) is 25.7 Å². The molecule has 2 heteroatoms. The molecule has 0 bridgehead atoms. The third kappa shape index (κ3) is 11.6. The number of nitrogens with zero attached hydrogens (tertiary/aromatic N) is 1. The summed E-state index contributed by atoms with van der Waals surface area (Å²) in [6.45, 7) is 12.0. The molecule has 0 spiro atoms. The van der Waals surface area contributed by atoms with Crippen molar-refractivity contribution in [3.8, 4) is 0 Å². The molecule has 0 aromatic carbocycles. The van der Waals surface area contributed by atoms with Gasteiger partial charge in [-0.05, 0) is 54.4 Å². The second-order valence-electron chi connectivity index (χ2n) is 7.13. The molecule has 2 aliphatic rings. The third-order valence-electron chi connectivity index (χ3n) is 6.16. The van der Waals surface area contributed by atoms with Crippen LogP contribution < -0.4 is 0 Å². The van der Waals surface area contributed by atoms with Gasteiger partial charge in [-0.2, -0.15) is 0 Å². The molecule has 0 N–H and O–H groups in total. The predicted octanol–water partition coefficient (Wildman–Crippen LogP) is 7.41. The van der Waals surface area contributed by atoms with Crippen molar-refractivity contribution in [1.29, 1.82) is 0 Å². The summed E-state index contributed by atoms with van der Waals surface area (Å²) in [4.78, 5) is 3.88. The third-order valence-corrected chi connectivity index (χ3v) is 6.16. The Kier molecular flexibility index (Phi) is 27.6. The second-order valence-corrected chi connectivity index (χ2v) is 7.13. The van der Waals surface area contributed by atoms with Crippen LogP contribution in [0.5, 0.6) is 0 Å². The summed E-state index contributed by atoms with van der Waals surface area (Å²) >= 11 is 0. The van der Waals surface area contributed by atoms with Gasteiger partial charge in [0.1, 0.15) is 0 Å². The fourth-order valence-corrected chi connectivity index (χ4v) is 3.84. The monoisotopic (exact) mass is 427 g/mol. The molecule has 1 nitrogen and oxygen atoms in total. The van der Waals surface area contributed by atoms with E-state index in [9.17, 15) is 0 Å². The van der Waals surface area contributed by atoms with Crippen LogP contribution in [0.1, 0.15) is 60.3 Å². The molecule has 2 rings (SSSR count). The Morgan fingerprint density at radius 1 is 0.680 bits per heavy atom. The molecule has 148 valence electrons. The van der Waals surface area contributed by atoms with Gasteiger partial charge < -0.3 is 29.7 Å². The summed E-state index contributed by atoms with van der Waals surface area (Å²) in [5.74, 6) is 5.52. The molecule has 0 atom stereocenters. The topological polar surface area (TPSA) is 12.4 Å². The Morgan fingerprint density at radius 3 is 1.28 bits per heavy atom. The second kappa shape index (κ2) is 19.1. The van der Waals surface area contributed by atoms with Gasteiger partial charge in [0.2, 0.25) is 0 Å². The van der Waals surface area contributed by atoms with Crippen LogP contribution in [0.3, 0.4) is 0 Å². The van der Waals surface area contributed by atoms with E-state index in [0.717, 1.165) is 35.5 Å². The number of aliphatic imine (C=N–C) groups is 1. The Labute approximate surface area is 181 Å². The molecule has 2 fully saturated rings. The first-order valence-corrected chi connectivity index (χ1v) is 8.58. The molecule has 2 saturated carbocycles. The van der Waals surface area contributed by atoms with E-state index in [0.29, 0.717) is 0 Å². The summed E-state index contributed by atoms with van der Waals surface area (Å²) in [6.07, 6.45) is 11.8. The molecular formula is C23H47NZr. The van der Waals surface area contributed by atoms with E-state index in [1.54, 1.807) is 7.05 Å². The molecule has 0 unspecified atom stereocenters. The van der Waals surface area contributed by atoms with Crippen LogP contribution in [0, 0.1) is 65.2 Å². The van der Waals surface area contributed by atoms with Gasteiger partial charge in [-0.25, -0.2) is 0 Å². The molecule has 0 amide bonds. The normalized spacial score (nSPS) is 30.9. The smallest absolute Gasteiger partial charge is 0.358 e. The van der Waals surface area contributed by atoms with Crippen molar-refractivity contribution in [2.75, 3.05) is 7.05 Å². The van der Waals surface area contributed by atoms with E-state index < -0.39 is 0 Å². The van der Waals surface area contributed by atoms with Gasteiger partial charge in [-0.15, -0.1) is 0 Å². The maximum atomic E-state index is 3.88. The number of hydrogen-bond acceptors (Lipinski definition) is 1. The van der Waals surface area contributed by atoms with Gasteiger partial charge in [0.05, 0.1) is 0 Å². The van der Waals surface area contributed by atoms with Gasteiger partial charge in [0.15, 0.2) is 0 Å². The molecule has 0 aromatic heterocycles. The zero-order valence-corrected chi connectivity index (χ0v) is 21.4. The van der Waals surface area contributed by atoms with Crippen molar-refractivity contribution in [3.63, 3.8) is 0 Å². The largest absolute Gasteiger partial charge is 4.00 e. The Bertz CT molecular complexity index is 273. The van der Waals surface area contributed by atoms with Crippen LogP contribution in [0.2, 0.25) is 0 Å². The average molecular weight is 429 g/mol. The molecular weight excluding hydrogens is 381 g/mol. The first-order valence-electron chi connectivity index (χ1n) is 8.58. The van der Waals surface area contributed by atoms with Crippen molar-refractivity contribution in [2.24, 2.45) is 40.5 Å². The summed E-state index contributed by atoms with van der Waals surface area (Å²) in [6, 6.07) is 0. The van der Waals surface area contributed by atoms with E-state index in [2.05, 4.69) is 51.8 Å². The standard InChI is InChI=1S/C10H20.C9H15N.4CH3.Zr/c1-6-7(2)9(4)10(5)8(6)3;1-10-8-4-7-9-5-2-3-6-9;;;;;/h6-10H,1-5H3;4,7-9H,2-3,5-6H2,1H3;4*1H3;/q;;4*-1;+4/b;7-4-,10-8?;;;;;. The number of rotatable bonds is 2. The predicted molar refractivity (Wildman–Crippen MR) is 117 cm³/mol. The van der Waals surface area contributed by atoms with Crippen LogP contribution in [0.15, 0.2) is 17.1 Å². The zero-order valence-electron chi connectivity index (χ0n) is 19.0. The molecule has 2 aliphatic carbocycles. The van der Waals surface area contributed by atoms with Crippen molar-refractivity contribution in [1.82, 2.24) is 0 Å². The van der Waals surface area contributed by atoms with E-state index >= 15 is 0 Å². The Morgan fingerprint density at radius 2 is 1.00 bits per heavy atom. The van der Waals surface area contributed by atoms with Gasteiger partial charge in [0.25, 0.3) is 0 Å². The van der Waals surface area contributed by atoms with Gasteiger partial charge in [-0.1, -0.05) is 53.5 Å². The number of hydrogen-bond donors (Lipinski definition) is 0. The fraction of sp³-hybridized carbons (Fsp3) is 0.696. The van der Waals surface area contributed by atoms with Crippen molar-refractivity contribution < 1.29 is 26.2 Å². The molecule has 0 saturated heterocycles. The van der Waals surface area contributed by atoms with Crippen LogP contribution in [-0.2, 0) is 26.2 Å². The maximum Gasteiger partial charge on any atom is 4.00 e. The van der Waals surface area contributed by atoms with E-state index in [1.807, 2.05) is 6.21 Å². The molecule has 0 aliphatic heterocycles. The maximum absolute atomic E-state index is 3.88. The fourth-order valence-electron chi connectivity index (χ4n) is 3.84.